The number of aliphatic hydroxyl groups excluding tert-OH is 4. The zero-order valence-corrected chi connectivity index (χ0v) is 50.8. The van der Waals surface area contributed by atoms with Crippen LogP contribution in [0.5, 0.6) is 0 Å². The molecule has 2 heterocycles. The van der Waals surface area contributed by atoms with Crippen molar-refractivity contribution < 1.29 is 88.2 Å². The first-order chi connectivity index (χ1) is 41.7. The normalized spacial score (nSPS) is 20.1. The summed E-state index contributed by atoms with van der Waals surface area (Å²) in [6.07, 6.45) is -9.60. The maximum Gasteiger partial charge on any atom is 0.305 e. The third-order valence-corrected chi connectivity index (χ3v) is 16.1. The minimum Gasteiger partial charge on any atom is -0.481 e. The summed E-state index contributed by atoms with van der Waals surface area (Å²) >= 11 is 0.912. The highest BCUT2D eigenvalue weighted by molar-refractivity contribution is 8.00. The van der Waals surface area contributed by atoms with E-state index in [0.717, 1.165) is 23.6 Å². The van der Waals surface area contributed by atoms with Crippen molar-refractivity contribution in [3.05, 3.63) is 71.8 Å². The Balaban J connectivity index is 1.61. The molecule has 0 aliphatic carbocycles. The van der Waals surface area contributed by atoms with E-state index in [-0.39, 0.29) is 70.0 Å². The number of carbonyl (C=O) groups excluding carboxylic acids is 10. The molecule has 2 saturated heterocycles. The van der Waals surface area contributed by atoms with E-state index >= 15 is 0 Å². The fourth-order valence-corrected chi connectivity index (χ4v) is 11.3. The van der Waals surface area contributed by atoms with Crippen molar-refractivity contribution in [1.29, 1.82) is 0 Å². The fraction of sp³-hybridized carbons (Fsp3) is 0.593. The Morgan fingerprint density at radius 3 is 1.81 bits per heavy atom. The van der Waals surface area contributed by atoms with Gasteiger partial charge in [-0.1, -0.05) is 81.4 Å². The summed E-state index contributed by atoms with van der Waals surface area (Å²) in [4.78, 5) is 165. The van der Waals surface area contributed by atoms with Crippen LogP contribution in [-0.4, -0.2) is 216 Å². The number of carbonyl (C=O) groups is 12. The van der Waals surface area contributed by atoms with Gasteiger partial charge in [-0.3, -0.25) is 72.7 Å². The molecule has 0 bridgehead atoms. The van der Waals surface area contributed by atoms with Crippen LogP contribution in [0.2, 0.25) is 0 Å². The second-order valence-corrected chi connectivity index (χ2v) is 23.7. The SMILES string of the molecule is CC(=O)NC(CSC1CC(=O)N(CCCCN2C[C@H](O)[C@@H](O)[C@H](O)[C@H]2CO)C1=O)C(=O)NC(Cc1ccccc1)C(=O)NC(NC(NC(=O)C(CC(=O)O)NC(=O)C(CCC(=O)O)NC(=O)C(C)CC(C)C)C(=O)CCCCN)C(=O)Cc1ccccc1. The number of rotatable bonds is 39. The summed E-state index contributed by atoms with van der Waals surface area (Å²) in [5, 5.41) is 76.4. The van der Waals surface area contributed by atoms with Crippen molar-refractivity contribution in [1.82, 2.24) is 47.0 Å². The van der Waals surface area contributed by atoms with Crippen molar-refractivity contribution in [3.63, 3.8) is 0 Å². The number of Topliss-reactive ketones (excluding diaryl/α,β-unsaturated/α-hetero) is 2. The highest BCUT2D eigenvalue weighted by Crippen LogP contribution is 2.27. The molecule has 4 rings (SSSR count). The Bertz CT molecular complexity index is 2710. The molecule has 0 saturated carbocycles. The number of hydrogen-bond acceptors (Lipinski definition) is 20. The van der Waals surface area contributed by atoms with Gasteiger partial charge in [0.25, 0.3) is 0 Å². The van der Waals surface area contributed by atoms with E-state index < -0.39 is 169 Å². The Kier molecular flexibility index (Phi) is 30.7. The van der Waals surface area contributed by atoms with Crippen molar-refractivity contribution in [2.45, 2.75) is 171 Å². The average Bonchev–Trinajstić information content (AvgIpc) is 3.44. The molecule has 8 unspecified atom stereocenters. The number of imide groups is 1. The van der Waals surface area contributed by atoms with Crippen molar-refractivity contribution in [2.24, 2.45) is 17.6 Å². The Morgan fingerprint density at radius 1 is 0.648 bits per heavy atom. The van der Waals surface area contributed by atoms with Crippen LogP contribution in [0.25, 0.3) is 0 Å². The first kappa shape index (κ1) is 73.2. The summed E-state index contributed by atoms with van der Waals surface area (Å²) in [6, 6.07) is 9.14. The lowest BCUT2D eigenvalue weighted by Crippen LogP contribution is -2.65. The predicted octanol–water partition coefficient (Wildman–Crippen LogP) is -2.41. The van der Waals surface area contributed by atoms with Gasteiger partial charge in [-0.25, -0.2) is 0 Å². The van der Waals surface area contributed by atoms with Gasteiger partial charge >= 0.3 is 11.9 Å². The number of nitrogens with one attached hydrogen (secondary N) is 7. The van der Waals surface area contributed by atoms with Gasteiger partial charge in [-0.2, -0.15) is 0 Å². The van der Waals surface area contributed by atoms with E-state index in [2.05, 4.69) is 37.2 Å². The lowest BCUT2D eigenvalue weighted by Gasteiger charge is -2.43. The molecule has 8 amide bonds. The molecule has 0 radical (unpaired) electrons. The molecule has 0 spiro atoms. The molecular weight excluding hydrogens is 1170 g/mol. The lowest BCUT2D eigenvalue weighted by atomic mass is 9.94. The molecule has 2 aromatic rings. The number of likely N-dealkylation sites (tertiary alicyclic amines) is 2. The number of thioether (sulfide) groups is 1. The molecule has 2 aliphatic heterocycles. The number of amides is 8. The molecule has 0 aromatic heterocycles. The Morgan fingerprint density at radius 2 is 1.22 bits per heavy atom. The quantitative estimate of drug-likeness (QED) is 0.0188. The van der Waals surface area contributed by atoms with Crippen LogP contribution in [-0.2, 0) is 70.4 Å². The standard InChI is InChI=1S/C59H86N10O18S/c1-33(2)25-34(3)54(82)62-38(20-21-48(76)77)55(83)64-40(28-49(78)79)57(85)66-52(43(72)19-11-12-22-60)65-53(44(73)27-37-17-9-6-10-18-37)67-56(84)39(26-36-15-7-5-8-16-36)63-58(86)41(61-35(4)71)32-88-46-29-47(75)69(59(46)87)24-14-13-23-68-30-45(74)51(81)50(80)42(68)31-70/h5-10,15-18,33-34,38-42,45-46,50-53,65,70,74,80-81H,11-14,19-32,60H2,1-4H3,(H,61,71)(H,62,82)(H,63,86)(H,64,83)(H,66,85)(H,67,84)(H,76,77)(H,78,79)/t34?,38?,39?,40?,41?,42-,45+,46?,50-,51-,52?,53?/m1/s1. The van der Waals surface area contributed by atoms with Gasteiger partial charge in [-0.15, -0.1) is 11.8 Å². The highest BCUT2D eigenvalue weighted by atomic mass is 32.2. The number of benzene rings is 2. The molecule has 88 heavy (non-hydrogen) atoms. The molecule has 28 nitrogen and oxygen atoms in total. The molecule has 2 fully saturated rings. The van der Waals surface area contributed by atoms with E-state index in [1.54, 1.807) is 72.5 Å². The van der Waals surface area contributed by atoms with Crippen LogP contribution in [0.1, 0.15) is 103 Å². The second kappa shape index (κ2) is 36.9. The number of ketones is 2. The number of hydrogen-bond donors (Lipinski definition) is 14. The largest absolute Gasteiger partial charge is 0.481 e. The van der Waals surface area contributed by atoms with Crippen LogP contribution in [0.15, 0.2) is 60.7 Å². The van der Waals surface area contributed by atoms with E-state index in [9.17, 15) is 88.2 Å². The number of piperidine rings is 1. The van der Waals surface area contributed by atoms with Crippen LogP contribution in [0, 0.1) is 11.8 Å². The molecular formula is C59H86N10O18S. The van der Waals surface area contributed by atoms with Gasteiger partial charge in [0.05, 0.1) is 30.4 Å². The summed E-state index contributed by atoms with van der Waals surface area (Å²) in [7, 11) is 0. The topological polar surface area (TPSA) is 443 Å². The van der Waals surface area contributed by atoms with E-state index in [1.807, 2.05) is 13.8 Å². The molecule has 15 N–H and O–H groups in total. The van der Waals surface area contributed by atoms with E-state index in [4.69, 9.17) is 5.73 Å². The smallest absolute Gasteiger partial charge is 0.305 e. The molecule has 29 heteroatoms. The fourth-order valence-electron chi connectivity index (χ4n) is 10.1. The summed E-state index contributed by atoms with van der Waals surface area (Å²) in [6.45, 7) is 6.38. The summed E-state index contributed by atoms with van der Waals surface area (Å²) < 4.78 is 0. The van der Waals surface area contributed by atoms with Gasteiger partial charge in [0, 0.05) is 63.8 Å². The number of β-amino-alcohol motifs (C(OH)–C–C–N with tert-alkyl or cyclic N) is 1. The molecule has 2 aliphatic rings. The summed E-state index contributed by atoms with van der Waals surface area (Å²) in [5.74, 6) is -12.0. The van der Waals surface area contributed by atoms with Crippen LogP contribution in [0.4, 0.5) is 0 Å². The number of carboxylic acid groups (broad SMARTS) is 2. The van der Waals surface area contributed by atoms with E-state index in [1.165, 1.54) is 0 Å². The Labute approximate surface area is 514 Å². The highest BCUT2D eigenvalue weighted by Gasteiger charge is 2.43. The van der Waals surface area contributed by atoms with Crippen LogP contribution in [0.3, 0.4) is 0 Å². The Hall–Kier alpha value is -7.25. The molecule has 486 valence electrons. The number of aliphatic carboxylic acids is 2. The van der Waals surface area contributed by atoms with Crippen molar-refractivity contribution >= 4 is 82.5 Å². The second-order valence-electron chi connectivity index (χ2n) is 22.5. The predicted molar refractivity (Wildman–Crippen MR) is 319 cm³/mol. The average molecular weight is 1260 g/mol. The zero-order chi connectivity index (χ0) is 65.2. The van der Waals surface area contributed by atoms with Crippen LogP contribution < -0.4 is 43.0 Å². The number of nitrogens with zero attached hydrogens (tertiary/aromatic N) is 2. The van der Waals surface area contributed by atoms with E-state index in [0.29, 0.717) is 36.8 Å². The minimum atomic E-state index is -1.98. The third kappa shape index (κ3) is 24.0. The first-order valence-electron chi connectivity index (χ1n) is 29.4. The first-order valence-corrected chi connectivity index (χ1v) is 30.4. The minimum absolute atomic E-state index is 0.00693. The monoisotopic (exact) mass is 1250 g/mol. The van der Waals surface area contributed by atoms with Gasteiger partial charge in [0.2, 0.25) is 47.3 Å². The van der Waals surface area contributed by atoms with Crippen molar-refractivity contribution in [2.75, 3.05) is 38.5 Å². The number of nitrogens with two attached hydrogens (primary N) is 1. The molecule has 12 atom stereocenters. The maximum atomic E-state index is 14.8. The van der Waals surface area contributed by atoms with Crippen molar-refractivity contribution in [3.8, 4) is 0 Å². The lowest BCUT2D eigenvalue weighted by molar-refractivity contribution is -0.145. The van der Waals surface area contributed by atoms with Gasteiger partial charge in [0.15, 0.2) is 11.6 Å². The maximum absolute atomic E-state index is 14.8. The summed E-state index contributed by atoms with van der Waals surface area (Å²) in [5.41, 5.74) is 6.66. The van der Waals surface area contributed by atoms with Crippen LogP contribution >= 0.6 is 11.8 Å². The van der Waals surface area contributed by atoms with Gasteiger partial charge in [-0.05, 0) is 68.7 Å². The number of aliphatic hydroxyl groups is 4. The van der Waals surface area contributed by atoms with Gasteiger partial charge < -0.3 is 68.3 Å². The zero-order valence-electron chi connectivity index (χ0n) is 50.0. The van der Waals surface area contributed by atoms with Gasteiger partial charge in [0.1, 0.15) is 48.7 Å². The molecule has 2 aromatic carbocycles. The third-order valence-electron chi connectivity index (χ3n) is 14.8. The number of unbranched alkanes of at least 4 members (excludes halogenated alkanes) is 2. The number of carboxylic acids is 2.